The van der Waals surface area contributed by atoms with Gasteiger partial charge in [-0.15, -0.1) is 0 Å². The molecule has 0 amide bonds. The second-order valence-electron chi connectivity index (χ2n) is 5.86. The number of hydrogen-bond donors (Lipinski definition) is 1. The summed E-state index contributed by atoms with van der Waals surface area (Å²) in [5.74, 6) is -0.574. The monoisotopic (exact) mass is 346 g/mol. The van der Waals surface area contributed by atoms with Crippen LogP contribution in [0.5, 0.6) is 5.75 Å². The third kappa shape index (κ3) is 2.73. The summed E-state index contributed by atoms with van der Waals surface area (Å²) in [6.45, 7) is 0. The van der Waals surface area contributed by atoms with Gasteiger partial charge in [0, 0.05) is 28.9 Å². The van der Waals surface area contributed by atoms with Crippen LogP contribution in [-0.2, 0) is 0 Å². The van der Waals surface area contributed by atoms with Crippen molar-refractivity contribution in [1.29, 1.82) is 0 Å². The summed E-state index contributed by atoms with van der Waals surface area (Å²) in [4.78, 5) is 20.3. The summed E-state index contributed by atoms with van der Waals surface area (Å²) in [5.41, 5.74) is 2.80. The molecule has 4 aromatic rings. The van der Waals surface area contributed by atoms with Crippen LogP contribution in [0.3, 0.4) is 0 Å². The van der Waals surface area contributed by atoms with Crippen molar-refractivity contribution >= 4 is 16.8 Å². The molecule has 1 N–H and O–H groups in total. The van der Waals surface area contributed by atoms with Gasteiger partial charge < -0.3 is 9.72 Å². The van der Waals surface area contributed by atoms with E-state index in [0.29, 0.717) is 22.3 Å². The maximum absolute atomic E-state index is 14.2. The van der Waals surface area contributed by atoms with Crippen LogP contribution in [0.2, 0.25) is 0 Å². The van der Waals surface area contributed by atoms with E-state index in [0.717, 1.165) is 11.1 Å². The predicted molar refractivity (Wildman–Crippen MR) is 97.9 cm³/mol. The Morgan fingerprint density at radius 3 is 2.62 bits per heavy atom. The lowest BCUT2D eigenvalue weighted by Gasteiger charge is -2.06. The van der Waals surface area contributed by atoms with Gasteiger partial charge in [0.2, 0.25) is 0 Å². The van der Waals surface area contributed by atoms with E-state index in [-0.39, 0.29) is 5.56 Å². The SMILES string of the molecule is COc1ccc(F)c(C(=O)c2c[nH]c3ncc(-c4ccccc4)cc23)c1. The minimum atomic E-state index is -0.586. The number of halogens is 1. The minimum absolute atomic E-state index is 0.0321. The molecule has 2 aromatic heterocycles. The quantitative estimate of drug-likeness (QED) is 0.549. The fraction of sp³-hybridized carbons (Fsp3) is 0.0476. The molecule has 4 rings (SSSR count). The number of methoxy groups -OCH3 is 1. The number of nitrogens with one attached hydrogen (secondary N) is 1. The second-order valence-corrected chi connectivity index (χ2v) is 5.86. The van der Waals surface area contributed by atoms with Crippen molar-refractivity contribution in [3.05, 3.63) is 83.9 Å². The zero-order valence-electron chi connectivity index (χ0n) is 14.0. The standard InChI is InChI=1S/C21H15FN2O2/c1-26-15-7-8-19(22)17(10-15)20(25)18-12-24-21-16(18)9-14(11-23-21)13-5-3-2-4-6-13/h2-12H,1H3,(H,23,24). The predicted octanol–water partition coefficient (Wildman–Crippen LogP) is 4.61. The number of carbonyl (C=O) groups is 1. The van der Waals surface area contributed by atoms with Crippen LogP contribution in [-0.4, -0.2) is 22.9 Å². The summed E-state index contributed by atoms with van der Waals surface area (Å²) in [7, 11) is 1.48. The Morgan fingerprint density at radius 1 is 1.04 bits per heavy atom. The largest absolute Gasteiger partial charge is 0.497 e. The van der Waals surface area contributed by atoms with Gasteiger partial charge in [-0.25, -0.2) is 9.37 Å². The molecule has 2 aromatic carbocycles. The lowest BCUT2D eigenvalue weighted by Crippen LogP contribution is -2.04. The molecule has 0 fully saturated rings. The number of aromatic nitrogens is 2. The van der Waals surface area contributed by atoms with E-state index < -0.39 is 11.6 Å². The first-order chi connectivity index (χ1) is 12.7. The average Bonchev–Trinajstić information content (AvgIpc) is 3.11. The van der Waals surface area contributed by atoms with E-state index in [1.807, 2.05) is 36.4 Å². The van der Waals surface area contributed by atoms with Crippen LogP contribution in [0.25, 0.3) is 22.2 Å². The number of H-pyrrole nitrogens is 1. The van der Waals surface area contributed by atoms with Crippen LogP contribution in [0.4, 0.5) is 4.39 Å². The number of ether oxygens (including phenoxy) is 1. The van der Waals surface area contributed by atoms with Crippen molar-refractivity contribution in [1.82, 2.24) is 9.97 Å². The highest BCUT2D eigenvalue weighted by Crippen LogP contribution is 2.27. The molecular formula is C21H15FN2O2. The lowest BCUT2D eigenvalue weighted by atomic mass is 10.0. The molecule has 26 heavy (non-hydrogen) atoms. The molecular weight excluding hydrogens is 331 g/mol. The zero-order chi connectivity index (χ0) is 18.1. The molecule has 0 aliphatic carbocycles. The van der Waals surface area contributed by atoms with Crippen LogP contribution in [0, 0.1) is 5.82 Å². The molecule has 0 spiro atoms. The number of pyridine rings is 1. The number of carbonyl (C=O) groups excluding carboxylic acids is 1. The molecule has 0 radical (unpaired) electrons. The fourth-order valence-corrected chi connectivity index (χ4v) is 2.93. The summed E-state index contributed by atoms with van der Waals surface area (Å²) in [6.07, 6.45) is 3.31. The Hall–Kier alpha value is -3.47. The molecule has 0 bridgehead atoms. The molecule has 4 nitrogen and oxygen atoms in total. The van der Waals surface area contributed by atoms with Crippen molar-refractivity contribution in [2.24, 2.45) is 0 Å². The van der Waals surface area contributed by atoms with Crippen LogP contribution >= 0.6 is 0 Å². The van der Waals surface area contributed by atoms with Crippen LogP contribution in [0.15, 0.2) is 67.0 Å². The maximum Gasteiger partial charge on any atom is 0.198 e. The highest BCUT2D eigenvalue weighted by Gasteiger charge is 2.19. The van der Waals surface area contributed by atoms with Gasteiger partial charge in [0.25, 0.3) is 0 Å². The Labute approximate surface area is 149 Å². The van der Waals surface area contributed by atoms with Gasteiger partial charge in [-0.3, -0.25) is 4.79 Å². The van der Waals surface area contributed by atoms with E-state index in [2.05, 4.69) is 9.97 Å². The molecule has 2 heterocycles. The average molecular weight is 346 g/mol. The third-order valence-corrected chi connectivity index (χ3v) is 4.30. The molecule has 0 aliphatic heterocycles. The van der Waals surface area contributed by atoms with Gasteiger partial charge in [-0.1, -0.05) is 30.3 Å². The van der Waals surface area contributed by atoms with E-state index in [9.17, 15) is 9.18 Å². The molecule has 128 valence electrons. The van der Waals surface area contributed by atoms with E-state index >= 15 is 0 Å². The van der Waals surface area contributed by atoms with E-state index in [1.54, 1.807) is 12.4 Å². The van der Waals surface area contributed by atoms with Crippen molar-refractivity contribution in [2.45, 2.75) is 0 Å². The molecule has 0 saturated heterocycles. The zero-order valence-corrected chi connectivity index (χ0v) is 14.0. The fourth-order valence-electron chi connectivity index (χ4n) is 2.93. The summed E-state index contributed by atoms with van der Waals surface area (Å²) in [5, 5.41) is 0.651. The third-order valence-electron chi connectivity index (χ3n) is 4.30. The highest BCUT2D eigenvalue weighted by molar-refractivity contribution is 6.16. The number of aromatic amines is 1. The normalized spacial score (nSPS) is 10.8. The van der Waals surface area contributed by atoms with Crippen LogP contribution < -0.4 is 4.74 Å². The Morgan fingerprint density at radius 2 is 1.85 bits per heavy atom. The first-order valence-electron chi connectivity index (χ1n) is 8.08. The first kappa shape index (κ1) is 16.0. The number of nitrogens with zero attached hydrogens (tertiary/aromatic N) is 1. The number of ketones is 1. The number of rotatable bonds is 4. The Balaban J connectivity index is 1.83. The van der Waals surface area contributed by atoms with Crippen molar-refractivity contribution in [3.63, 3.8) is 0 Å². The Bertz CT molecular complexity index is 1100. The molecule has 0 aliphatic rings. The van der Waals surface area contributed by atoms with Crippen molar-refractivity contribution in [2.75, 3.05) is 7.11 Å². The van der Waals surface area contributed by atoms with Crippen molar-refractivity contribution < 1.29 is 13.9 Å². The van der Waals surface area contributed by atoms with Gasteiger partial charge in [0.1, 0.15) is 17.2 Å². The smallest absolute Gasteiger partial charge is 0.198 e. The Kier molecular flexibility index (Phi) is 3.97. The molecule has 0 saturated carbocycles. The molecule has 0 unspecified atom stereocenters. The van der Waals surface area contributed by atoms with Gasteiger partial charge in [0.05, 0.1) is 12.7 Å². The summed E-state index contributed by atoms with van der Waals surface area (Å²) >= 11 is 0. The molecule has 0 atom stereocenters. The highest BCUT2D eigenvalue weighted by atomic mass is 19.1. The summed E-state index contributed by atoms with van der Waals surface area (Å²) < 4.78 is 19.3. The van der Waals surface area contributed by atoms with Gasteiger partial charge in [0.15, 0.2) is 5.78 Å². The topological polar surface area (TPSA) is 55.0 Å². The number of hydrogen-bond acceptors (Lipinski definition) is 3. The first-order valence-corrected chi connectivity index (χ1v) is 8.08. The van der Waals surface area contributed by atoms with E-state index in [1.165, 1.54) is 25.3 Å². The van der Waals surface area contributed by atoms with Gasteiger partial charge in [-0.05, 0) is 29.8 Å². The van der Waals surface area contributed by atoms with E-state index in [4.69, 9.17) is 4.74 Å². The van der Waals surface area contributed by atoms with Gasteiger partial charge >= 0.3 is 0 Å². The maximum atomic E-state index is 14.2. The summed E-state index contributed by atoms with van der Waals surface area (Å²) in [6, 6.07) is 15.8. The number of benzene rings is 2. The van der Waals surface area contributed by atoms with Crippen LogP contribution in [0.1, 0.15) is 15.9 Å². The van der Waals surface area contributed by atoms with Gasteiger partial charge in [-0.2, -0.15) is 0 Å². The van der Waals surface area contributed by atoms with Crippen molar-refractivity contribution in [3.8, 4) is 16.9 Å². The number of fused-ring (bicyclic) bond motifs is 1. The molecule has 5 heteroatoms. The lowest BCUT2D eigenvalue weighted by molar-refractivity contribution is 0.103. The second kappa shape index (κ2) is 6.44. The minimum Gasteiger partial charge on any atom is -0.497 e.